The van der Waals surface area contributed by atoms with Crippen molar-refractivity contribution in [3.8, 4) is 0 Å². The number of benzene rings is 2. The van der Waals surface area contributed by atoms with Gasteiger partial charge in [-0.1, -0.05) is 30.2 Å². The van der Waals surface area contributed by atoms with E-state index in [1.54, 1.807) is 12.1 Å². The molecule has 27 heavy (non-hydrogen) atoms. The van der Waals surface area contributed by atoms with Gasteiger partial charge in [-0.3, -0.25) is 4.79 Å². The van der Waals surface area contributed by atoms with Crippen LogP contribution in [0.1, 0.15) is 30.4 Å². The topological polar surface area (TPSA) is 66.5 Å². The molecule has 0 bridgehead atoms. The molecule has 1 aliphatic rings. The third kappa shape index (κ3) is 4.18. The molecule has 3 rings (SSSR count). The number of hydrogen-bond donors (Lipinski definition) is 1. The quantitative estimate of drug-likeness (QED) is 0.829. The molecular weight excluding hydrogens is 384 g/mol. The van der Waals surface area contributed by atoms with E-state index in [1.807, 2.05) is 32.0 Å². The average molecular weight is 407 g/mol. The van der Waals surface area contributed by atoms with Gasteiger partial charge in [0.2, 0.25) is 15.9 Å². The molecule has 144 valence electrons. The van der Waals surface area contributed by atoms with Crippen molar-refractivity contribution >= 4 is 33.2 Å². The minimum absolute atomic E-state index is 0.151. The second kappa shape index (κ2) is 8.00. The van der Waals surface area contributed by atoms with Crippen molar-refractivity contribution in [2.45, 2.75) is 44.0 Å². The van der Waals surface area contributed by atoms with Crippen LogP contribution in [0.3, 0.4) is 0 Å². The van der Waals surface area contributed by atoms with Crippen LogP contribution in [0.25, 0.3) is 0 Å². The van der Waals surface area contributed by atoms with Crippen molar-refractivity contribution in [2.75, 3.05) is 11.9 Å². The monoisotopic (exact) mass is 406 g/mol. The van der Waals surface area contributed by atoms with E-state index >= 15 is 0 Å². The maximum Gasteiger partial charge on any atom is 0.243 e. The van der Waals surface area contributed by atoms with Crippen LogP contribution >= 0.6 is 11.6 Å². The first-order valence-electron chi connectivity index (χ1n) is 8.95. The number of nitrogens with zero attached hydrogens (tertiary/aromatic N) is 1. The Morgan fingerprint density at radius 1 is 1.11 bits per heavy atom. The van der Waals surface area contributed by atoms with Gasteiger partial charge in [-0.15, -0.1) is 0 Å². The molecule has 2 aromatic rings. The average Bonchev–Trinajstić information content (AvgIpc) is 2.66. The summed E-state index contributed by atoms with van der Waals surface area (Å²) in [5, 5.41) is 3.39. The first-order valence-corrected chi connectivity index (χ1v) is 10.8. The molecule has 0 saturated carbocycles. The molecule has 0 aromatic heterocycles. The molecule has 7 heteroatoms. The Kier molecular flexibility index (Phi) is 5.89. The van der Waals surface area contributed by atoms with E-state index in [9.17, 15) is 13.2 Å². The number of carbonyl (C=O) groups excluding carboxylic acids is 1. The van der Waals surface area contributed by atoms with Gasteiger partial charge in [-0.25, -0.2) is 8.42 Å². The third-order valence-electron chi connectivity index (χ3n) is 5.04. The van der Waals surface area contributed by atoms with Crippen LogP contribution in [0, 0.1) is 13.8 Å². The second-order valence-electron chi connectivity index (χ2n) is 6.82. The van der Waals surface area contributed by atoms with Gasteiger partial charge >= 0.3 is 0 Å². The van der Waals surface area contributed by atoms with Gasteiger partial charge in [0.1, 0.15) is 6.04 Å². The maximum absolute atomic E-state index is 13.1. The number of carbonyl (C=O) groups is 1. The van der Waals surface area contributed by atoms with Gasteiger partial charge in [0.25, 0.3) is 0 Å². The molecule has 1 heterocycles. The summed E-state index contributed by atoms with van der Waals surface area (Å²) in [6, 6.07) is 11.0. The minimum Gasteiger partial charge on any atom is -0.324 e. The predicted octanol–water partition coefficient (Wildman–Crippen LogP) is 4.14. The SMILES string of the molecule is Cc1cccc(NC(=O)[C@H]2CCCCN2S(=O)(=O)c2ccc(Cl)cc2)c1C. The Labute approximate surface area is 165 Å². The van der Waals surface area contributed by atoms with Gasteiger partial charge < -0.3 is 5.32 Å². The number of amides is 1. The van der Waals surface area contributed by atoms with Gasteiger partial charge in [-0.05, 0) is 68.1 Å². The molecule has 0 aliphatic carbocycles. The number of halogens is 1. The van der Waals surface area contributed by atoms with Gasteiger partial charge in [0, 0.05) is 17.3 Å². The third-order valence-corrected chi connectivity index (χ3v) is 7.21. The fourth-order valence-corrected chi connectivity index (χ4v) is 5.08. The Balaban J connectivity index is 1.87. The summed E-state index contributed by atoms with van der Waals surface area (Å²) in [7, 11) is -3.77. The number of aryl methyl sites for hydroxylation is 1. The second-order valence-corrected chi connectivity index (χ2v) is 9.14. The number of sulfonamides is 1. The number of piperidine rings is 1. The highest BCUT2D eigenvalue weighted by Crippen LogP contribution is 2.28. The zero-order valence-electron chi connectivity index (χ0n) is 15.4. The van der Waals surface area contributed by atoms with Gasteiger partial charge in [-0.2, -0.15) is 4.31 Å². The lowest BCUT2D eigenvalue weighted by atomic mass is 10.0. The molecule has 1 N–H and O–H groups in total. The van der Waals surface area contributed by atoms with Crippen LogP contribution in [0.5, 0.6) is 0 Å². The van der Waals surface area contributed by atoms with E-state index in [0.717, 1.165) is 29.7 Å². The lowest BCUT2D eigenvalue weighted by Crippen LogP contribution is -2.49. The van der Waals surface area contributed by atoms with Crippen molar-refractivity contribution in [1.82, 2.24) is 4.31 Å². The zero-order chi connectivity index (χ0) is 19.6. The lowest BCUT2D eigenvalue weighted by molar-refractivity contribution is -0.120. The molecule has 0 radical (unpaired) electrons. The molecule has 5 nitrogen and oxygen atoms in total. The zero-order valence-corrected chi connectivity index (χ0v) is 17.0. The van der Waals surface area contributed by atoms with Crippen molar-refractivity contribution in [3.63, 3.8) is 0 Å². The van der Waals surface area contributed by atoms with Crippen molar-refractivity contribution in [2.24, 2.45) is 0 Å². The van der Waals surface area contributed by atoms with Crippen LogP contribution in [0.4, 0.5) is 5.69 Å². The molecule has 1 amide bonds. The summed E-state index contributed by atoms with van der Waals surface area (Å²) in [5.74, 6) is -0.291. The van der Waals surface area contributed by atoms with Crippen LogP contribution in [0.15, 0.2) is 47.4 Å². The normalized spacial score (nSPS) is 18.3. The van der Waals surface area contributed by atoms with E-state index in [1.165, 1.54) is 16.4 Å². The fourth-order valence-electron chi connectivity index (χ4n) is 3.30. The van der Waals surface area contributed by atoms with Crippen molar-refractivity contribution < 1.29 is 13.2 Å². The molecule has 1 saturated heterocycles. The van der Waals surface area contributed by atoms with Crippen LogP contribution < -0.4 is 5.32 Å². The molecule has 1 aliphatic heterocycles. The number of anilines is 1. The Hall–Kier alpha value is -1.89. The Bertz CT molecular complexity index is 942. The summed E-state index contributed by atoms with van der Waals surface area (Å²) in [5.41, 5.74) is 2.77. The first-order chi connectivity index (χ1) is 12.8. The van der Waals surface area contributed by atoms with E-state index in [2.05, 4.69) is 5.32 Å². The van der Waals surface area contributed by atoms with Gasteiger partial charge in [0.15, 0.2) is 0 Å². The highest BCUT2D eigenvalue weighted by molar-refractivity contribution is 7.89. The Morgan fingerprint density at radius 3 is 2.52 bits per heavy atom. The van der Waals surface area contributed by atoms with Crippen LogP contribution in [0.2, 0.25) is 5.02 Å². The van der Waals surface area contributed by atoms with Crippen molar-refractivity contribution in [1.29, 1.82) is 0 Å². The predicted molar refractivity (Wildman–Crippen MR) is 108 cm³/mol. The van der Waals surface area contributed by atoms with Crippen LogP contribution in [-0.2, 0) is 14.8 Å². The molecule has 1 fully saturated rings. The van der Waals surface area contributed by atoms with Crippen molar-refractivity contribution in [3.05, 3.63) is 58.6 Å². The minimum atomic E-state index is -3.77. The largest absolute Gasteiger partial charge is 0.324 e. The molecule has 0 spiro atoms. The maximum atomic E-state index is 13.1. The standard InChI is InChI=1S/C20H23ClN2O3S/c1-14-6-5-7-18(15(14)2)22-20(24)19-8-3-4-13-23(19)27(25,26)17-11-9-16(21)10-12-17/h5-7,9-12,19H,3-4,8,13H2,1-2H3,(H,22,24)/t19-/m1/s1. The van der Waals surface area contributed by atoms with E-state index in [0.29, 0.717) is 18.0 Å². The molecule has 1 atom stereocenters. The number of hydrogen-bond acceptors (Lipinski definition) is 3. The summed E-state index contributed by atoms with van der Waals surface area (Å²) in [6.45, 7) is 4.24. The summed E-state index contributed by atoms with van der Waals surface area (Å²) < 4.78 is 27.5. The number of nitrogens with one attached hydrogen (secondary N) is 1. The number of rotatable bonds is 4. The molecule has 0 unspecified atom stereocenters. The highest BCUT2D eigenvalue weighted by Gasteiger charge is 2.37. The van der Waals surface area contributed by atoms with Crippen LogP contribution in [-0.4, -0.2) is 31.2 Å². The Morgan fingerprint density at radius 2 is 1.81 bits per heavy atom. The summed E-state index contributed by atoms with van der Waals surface area (Å²) in [4.78, 5) is 13.1. The van der Waals surface area contributed by atoms with E-state index in [4.69, 9.17) is 11.6 Å². The fraction of sp³-hybridized carbons (Fsp3) is 0.350. The molecule has 2 aromatic carbocycles. The van der Waals surface area contributed by atoms with Gasteiger partial charge in [0.05, 0.1) is 4.90 Å². The van der Waals surface area contributed by atoms with E-state index < -0.39 is 16.1 Å². The summed E-state index contributed by atoms with van der Waals surface area (Å²) in [6.07, 6.45) is 2.06. The molecular formula is C20H23ClN2O3S. The smallest absolute Gasteiger partial charge is 0.243 e. The lowest BCUT2D eigenvalue weighted by Gasteiger charge is -2.33. The first kappa shape index (κ1) is 19.9. The summed E-state index contributed by atoms with van der Waals surface area (Å²) >= 11 is 5.87. The van der Waals surface area contributed by atoms with E-state index in [-0.39, 0.29) is 10.8 Å². The highest BCUT2D eigenvalue weighted by atomic mass is 35.5.